The number of anilines is 1. The van der Waals surface area contributed by atoms with E-state index in [0.717, 1.165) is 0 Å². The van der Waals surface area contributed by atoms with Crippen molar-refractivity contribution in [1.29, 1.82) is 0 Å². The van der Waals surface area contributed by atoms with Gasteiger partial charge in [0, 0.05) is 6.07 Å². The molecule has 0 unspecified atom stereocenters. The molecule has 4 nitrogen and oxygen atoms in total. The summed E-state index contributed by atoms with van der Waals surface area (Å²) in [5.74, 6) is -7.43. The first kappa shape index (κ1) is 22.8. The van der Waals surface area contributed by atoms with Gasteiger partial charge in [-0.1, -0.05) is 4.48 Å². The highest BCUT2D eigenvalue weighted by molar-refractivity contribution is 6.27. The molecule has 0 aromatic heterocycles. The molecule has 0 bridgehead atoms. The molecular weight excluding hydrogens is 377 g/mol. The fraction of sp³-hybridized carbons (Fsp3) is 0.625. The van der Waals surface area contributed by atoms with E-state index in [0.29, 0.717) is 6.04 Å². The molecule has 0 fully saturated rings. The number of ether oxygens (including phenoxy) is 2. The predicted molar refractivity (Wildman–Crippen MR) is 90.0 cm³/mol. The van der Waals surface area contributed by atoms with Crippen LogP contribution in [-0.2, 0) is 13.9 Å². The van der Waals surface area contributed by atoms with E-state index in [-0.39, 0.29) is 36.4 Å². The molecular formula is C16H24F5NO3Si. The summed E-state index contributed by atoms with van der Waals surface area (Å²) in [6.45, 7) is 6.20. The van der Waals surface area contributed by atoms with Crippen LogP contribution >= 0.6 is 0 Å². The highest BCUT2D eigenvalue weighted by Gasteiger charge is 2.22. The zero-order chi connectivity index (χ0) is 19.9. The molecule has 1 aromatic rings. The normalized spacial score (nSPS) is 12.3. The van der Waals surface area contributed by atoms with Crippen LogP contribution in [0, 0.1) is 23.3 Å². The molecule has 1 aromatic carbocycles. The minimum absolute atomic E-state index is 0.0969. The van der Waals surface area contributed by atoms with Crippen LogP contribution in [0.1, 0.15) is 34.1 Å². The molecule has 0 saturated carbocycles. The molecule has 0 amide bonds. The lowest BCUT2D eigenvalue weighted by Gasteiger charge is -2.23. The van der Waals surface area contributed by atoms with E-state index in [9.17, 15) is 22.0 Å². The van der Waals surface area contributed by atoms with Crippen molar-refractivity contribution in [3.63, 3.8) is 0 Å². The van der Waals surface area contributed by atoms with Crippen molar-refractivity contribution in [1.82, 2.24) is 0 Å². The third kappa shape index (κ3) is 7.18. The SMILES string of the molecule is CC(C)OC(O[SiH2]CCCN(F)c1cc(F)c(F)c(F)c1F)OC(C)C. The molecule has 0 saturated heterocycles. The third-order valence-corrected chi connectivity index (χ3v) is 4.41. The largest absolute Gasteiger partial charge is 0.379 e. The van der Waals surface area contributed by atoms with Crippen LogP contribution in [0.15, 0.2) is 6.07 Å². The lowest BCUT2D eigenvalue weighted by Crippen LogP contribution is -2.29. The maximum atomic E-state index is 13.9. The molecule has 0 spiro atoms. The third-order valence-electron chi connectivity index (χ3n) is 3.11. The van der Waals surface area contributed by atoms with Crippen molar-refractivity contribution in [3.05, 3.63) is 29.3 Å². The molecule has 26 heavy (non-hydrogen) atoms. The van der Waals surface area contributed by atoms with Crippen molar-refractivity contribution >= 4 is 15.5 Å². The second-order valence-corrected chi connectivity index (χ2v) is 7.59. The van der Waals surface area contributed by atoms with Crippen LogP contribution in [0.25, 0.3) is 0 Å². The van der Waals surface area contributed by atoms with Crippen molar-refractivity contribution in [2.24, 2.45) is 0 Å². The molecule has 0 N–H and O–H groups in total. The molecule has 1 rings (SSSR count). The summed E-state index contributed by atoms with van der Waals surface area (Å²) in [5.41, 5.74) is -0.979. The molecule has 0 aliphatic carbocycles. The summed E-state index contributed by atoms with van der Waals surface area (Å²) in [4.78, 5) is 0. The summed E-state index contributed by atoms with van der Waals surface area (Å²) < 4.78 is 82.9. The summed E-state index contributed by atoms with van der Waals surface area (Å²) >= 11 is 0. The number of rotatable bonds is 11. The van der Waals surface area contributed by atoms with Gasteiger partial charge in [-0.3, -0.25) is 0 Å². The minimum atomic E-state index is -2.04. The Morgan fingerprint density at radius 2 is 1.54 bits per heavy atom. The summed E-state index contributed by atoms with van der Waals surface area (Å²) in [6, 6.07) is 0.776. The maximum absolute atomic E-state index is 13.9. The maximum Gasteiger partial charge on any atom is 0.262 e. The average molecular weight is 401 g/mol. The highest BCUT2D eigenvalue weighted by Crippen LogP contribution is 2.26. The second kappa shape index (κ2) is 10.8. The number of halogens is 5. The Bertz CT molecular complexity index is 567. The Morgan fingerprint density at radius 3 is 2.08 bits per heavy atom. The van der Waals surface area contributed by atoms with Gasteiger partial charge in [0.2, 0.25) is 0 Å². The van der Waals surface area contributed by atoms with Gasteiger partial charge in [-0.05, 0) is 40.2 Å². The topological polar surface area (TPSA) is 30.9 Å². The number of hydrogen-bond donors (Lipinski definition) is 0. The van der Waals surface area contributed by atoms with Gasteiger partial charge in [-0.25, -0.2) is 22.7 Å². The lowest BCUT2D eigenvalue weighted by molar-refractivity contribution is -0.275. The summed E-state index contributed by atoms with van der Waals surface area (Å²) in [5, 5.41) is -0.151. The molecule has 0 atom stereocenters. The van der Waals surface area contributed by atoms with E-state index < -0.39 is 45.2 Å². The Kier molecular flexibility index (Phi) is 9.48. The van der Waals surface area contributed by atoms with Crippen molar-refractivity contribution < 1.29 is 35.9 Å². The Hall–Kier alpha value is -1.23. The first-order valence-corrected chi connectivity index (χ1v) is 9.90. The smallest absolute Gasteiger partial charge is 0.262 e. The predicted octanol–water partition coefficient (Wildman–Crippen LogP) is 3.98. The fourth-order valence-electron chi connectivity index (χ4n) is 1.94. The molecule has 0 aliphatic rings. The Morgan fingerprint density at radius 1 is 0.962 bits per heavy atom. The first-order valence-electron chi connectivity index (χ1n) is 8.32. The van der Waals surface area contributed by atoms with E-state index in [1.807, 2.05) is 27.7 Å². The van der Waals surface area contributed by atoms with Gasteiger partial charge in [-0.2, -0.15) is 0 Å². The quantitative estimate of drug-likeness (QED) is 0.107. The monoisotopic (exact) mass is 401 g/mol. The van der Waals surface area contributed by atoms with E-state index in [1.165, 1.54) is 0 Å². The van der Waals surface area contributed by atoms with Crippen molar-refractivity contribution in [3.8, 4) is 0 Å². The van der Waals surface area contributed by atoms with E-state index >= 15 is 0 Å². The van der Waals surface area contributed by atoms with Crippen LogP contribution in [0.4, 0.5) is 27.7 Å². The Labute approximate surface area is 152 Å². The van der Waals surface area contributed by atoms with Crippen molar-refractivity contribution in [2.75, 3.05) is 11.7 Å². The number of benzene rings is 1. The van der Waals surface area contributed by atoms with Crippen LogP contribution < -0.4 is 5.12 Å². The first-order chi connectivity index (χ1) is 12.1. The van der Waals surface area contributed by atoms with Gasteiger partial charge in [0.1, 0.15) is 5.69 Å². The zero-order valence-corrected chi connectivity index (χ0v) is 16.6. The van der Waals surface area contributed by atoms with Crippen LogP contribution in [0.3, 0.4) is 0 Å². The average Bonchev–Trinajstić information content (AvgIpc) is 2.54. The van der Waals surface area contributed by atoms with E-state index in [2.05, 4.69) is 0 Å². The number of hydrogen-bond acceptors (Lipinski definition) is 4. The molecule has 0 aliphatic heterocycles. The molecule has 0 radical (unpaired) electrons. The highest BCUT2D eigenvalue weighted by atomic mass is 28.2. The van der Waals surface area contributed by atoms with E-state index in [4.69, 9.17) is 13.9 Å². The molecule has 10 heteroatoms. The summed E-state index contributed by atoms with van der Waals surface area (Å²) in [6.07, 6.45) is 0.0550. The summed E-state index contributed by atoms with van der Waals surface area (Å²) in [7, 11) is -1.12. The minimum Gasteiger partial charge on any atom is -0.379 e. The molecule has 0 heterocycles. The van der Waals surface area contributed by atoms with Gasteiger partial charge >= 0.3 is 0 Å². The van der Waals surface area contributed by atoms with Crippen molar-refractivity contribution in [2.45, 2.75) is 58.8 Å². The van der Waals surface area contributed by atoms with E-state index in [1.54, 1.807) is 0 Å². The van der Waals surface area contributed by atoms with Gasteiger partial charge in [-0.15, -0.1) is 0 Å². The van der Waals surface area contributed by atoms with Gasteiger partial charge in [0.15, 0.2) is 33.0 Å². The standard InChI is InChI=1S/C16H24F5NO3Si/c1-9(2)23-16(24-10(3)4)25-26-7-5-6-22(21)12-8-11(17)13(18)15(20)14(12)19/h8-10,16H,5-7,26H2,1-4H3. The van der Waals surface area contributed by atoms with Gasteiger partial charge in [0.05, 0.1) is 18.8 Å². The second-order valence-electron chi connectivity index (χ2n) is 6.14. The molecule has 150 valence electrons. The van der Waals surface area contributed by atoms with Gasteiger partial charge < -0.3 is 13.9 Å². The van der Waals surface area contributed by atoms with Gasteiger partial charge in [0.25, 0.3) is 6.48 Å². The zero-order valence-electron chi connectivity index (χ0n) is 15.2. The lowest BCUT2D eigenvalue weighted by atomic mass is 10.2. The fourth-order valence-corrected chi connectivity index (χ4v) is 2.89. The van der Waals surface area contributed by atoms with Crippen LogP contribution in [-0.4, -0.2) is 35.0 Å². The number of nitrogens with zero attached hydrogens (tertiary/aromatic N) is 1. The van der Waals surface area contributed by atoms with Crippen LogP contribution in [0.5, 0.6) is 0 Å². The Balaban J connectivity index is 2.46. The van der Waals surface area contributed by atoms with Crippen LogP contribution in [0.2, 0.25) is 6.04 Å².